The molecule has 156 valence electrons. The van der Waals surface area contributed by atoms with Gasteiger partial charge in [-0.25, -0.2) is 4.98 Å². The molecule has 0 spiro atoms. The number of aromatic nitrogens is 1. The molecular weight excluding hydrogens is 366 g/mol. The second kappa shape index (κ2) is 10.1. The Bertz CT molecular complexity index is 786. The molecule has 0 radical (unpaired) electrons. The van der Waals surface area contributed by atoms with Gasteiger partial charge in [-0.2, -0.15) is 0 Å². The number of ether oxygens (including phenoxy) is 1. The largest absolute Gasteiger partial charge is 0.495 e. The molecule has 1 fully saturated rings. The normalized spacial score (nSPS) is 14.2. The van der Waals surface area contributed by atoms with Gasteiger partial charge in [0.25, 0.3) is 5.91 Å². The number of carbonyl (C=O) groups is 1. The first-order chi connectivity index (χ1) is 14.1. The maximum atomic E-state index is 12.2. The highest BCUT2D eigenvalue weighted by Crippen LogP contribution is 2.28. The third kappa shape index (κ3) is 5.60. The number of methoxy groups -OCH3 is 1. The van der Waals surface area contributed by atoms with Gasteiger partial charge in [-0.3, -0.25) is 4.79 Å². The molecular formula is C22H31N5O2. The van der Waals surface area contributed by atoms with Crippen LogP contribution in [0.5, 0.6) is 5.75 Å². The molecule has 1 aliphatic heterocycles. The Balaban J connectivity index is 1.52. The van der Waals surface area contributed by atoms with Crippen LogP contribution >= 0.6 is 0 Å². The SMILES string of the molecule is COc1ccccc1N1CCN(c2ccc(C(=O)NCCCN(C)C)cn2)CC1. The number of carbonyl (C=O) groups excluding carboxylic acids is 1. The van der Waals surface area contributed by atoms with Gasteiger partial charge in [-0.1, -0.05) is 12.1 Å². The number of nitrogens with zero attached hydrogens (tertiary/aromatic N) is 4. The highest BCUT2D eigenvalue weighted by atomic mass is 16.5. The number of para-hydroxylation sites is 2. The van der Waals surface area contributed by atoms with Crippen molar-refractivity contribution in [3.05, 3.63) is 48.2 Å². The van der Waals surface area contributed by atoms with E-state index in [0.717, 1.165) is 56.4 Å². The van der Waals surface area contributed by atoms with Gasteiger partial charge in [0.1, 0.15) is 11.6 Å². The van der Waals surface area contributed by atoms with Gasteiger partial charge in [0.2, 0.25) is 0 Å². The second-order valence-corrected chi connectivity index (χ2v) is 7.46. The zero-order valence-corrected chi connectivity index (χ0v) is 17.6. The van der Waals surface area contributed by atoms with Crippen molar-refractivity contribution in [2.75, 3.05) is 70.3 Å². The number of hydrogen-bond donors (Lipinski definition) is 1. The fourth-order valence-electron chi connectivity index (χ4n) is 3.47. The predicted molar refractivity (Wildman–Crippen MR) is 117 cm³/mol. The molecule has 7 heteroatoms. The van der Waals surface area contributed by atoms with E-state index < -0.39 is 0 Å². The summed E-state index contributed by atoms with van der Waals surface area (Å²) in [5, 5.41) is 2.95. The van der Waals surface area contributed by atoms with E-state index in [9.17, 15) is 4.79 Å². The Kier molecular flexibility index (Phi) is 7.30. The summed E-state index contributed by atoms with van der Waals surface area (Å²) in [4.78, 5) is 23.5. The van der Waals surface area contributed by atoms with Crippen LogP contribution in [0.2, 0.25) is 0 Å². The first-order valence-corrected chi connectivity index (χ1v) is 10.1. The molecule has 1 aromatic heterocycles. The Morgan fingerprint density at radius 2 is 1.83 bits per heavy atom. The molecule has 3 rings (SSSR count). The molecule has 2 heterocycles. The average molecular weight is 398 g/mol. The number of pyridine rings is 1. The van der Waals surface area contributed by atoms with Gasteiger partial charge < -0.3 is 24.8 Å². The lowest BCUT2D eigenvalue weighted by Gasteiger charge is -2.37. The van der Waals surface area contributed by atoms with E-state index in [4.69, 9.17) is 4.74 Å². The van der Waals surface area contributed by atoms with Crippen LogP contribution in [-0.2, 0) is 0 Å². The Hall–Kier alpha value is -2.80. The molecule has 1 aromatic carbocycles. The number of piperazine rings is 1. The summed E-state index contributed by atoms with van der Waals surface area (Å²) in [5.74, 6) is 1.75. The van der Waals surface area contributed by atoms with Crippen LogP contribution in [0, 0.1) is 0 Å². The first kappa shape index (κ1) is 20.9. The lowest BCUT2D eigenvalue weighted by atomic mass is 10.2. The molecule has 0 aliphatic carbocycles. The van der Waals surface area contributed by atoms with E-state index in [1.807, 2.05) is 44.4 Å². The molecule has 0 saturated carbocycles. The van der Waals surface area contributed by atoms with Crippen LogP contribution in [-0.4, -0.2) is 76.3 Å². The fraction of sp³-hybridized carbons (Fsp3) is 0.455. The Morgan fingerprint density at radius 3 is 2.48 bits per heavy atom. The van der Waals surface area contributed by atoms with Gasteiger partial charge in [-0.05, 0) is 51.3 Å². The maximum absolute atomic E-state index is 12.2. The number of anilines is 2. The van der Waals surface area contributed by atoms with E-state index in [1.54, 1.807) is 13.3 Å². The molecule has 29 heavy (non-hydrogen) atoms. The monoisotopic (exact) mass is 397 g/mol. The Morgan fingerprint density at radius 1 is 1.10 bits per heavy atom. The summed E-state index contributed by atoms with van der Waals surface area (Å²) < 4.78 is 5.48. The van der Waals surface area contributed by atoms with E-state index in [0.29, 0.717) is 12.1 Å². The third-order valence-electron chi connectivity index (χ3n) is 5.11. The van der Waals surface area contributed by atoms with Crippen molar-refractivity contribution in [3.8, 4) is 5.75 Å². The summed E-state index contributed by atoms with van der Waals surface area (Å²) >= 11 is 0. The number of rotatable bonds is 8. The zero-order valence-electron chi connectivity index (χ0n) is 17.6. The molecule has 1 amide bonds. The van der Waals surface area contributed by atoms with Crippen molar-refractivity contribution in [3.63, 3.8) is 0 Å². The van der Waals surface area contributed by atoms with E-state index in [-0.39, 0.29) is 5.91 Å². The number of benzene rings is 1. The van der Waals surface area contributed by atoms with Crippen LogP contribution in [0.15, 0.2) is 42.6 Å². The zero-order chi connectivity index (χ0) is 20.6. The van der Waals surface area contributed by atoms with Crippen molar-refractivity contribution in [2.45, 2.75) is 6.42 Å². The first-order valence-electron chi connectivity index (χ1n) is 10.1. The van der Waals surface area contributed by atoms with Crippen LogP contribution in [0.4, 0.5) is 11.5 Å². The molecule has 1 aliphatic rings. The van der Waals surface area contributed by atoms with Gasteiger partial charge in [0.05, 0.1) is 18.4 Å². The van der Waals surface area contributed by atoms with Gasteiger partial charge in [0, 0.05) is 38.9 Å². The molecule has 0 bridgehead atoms. The summed E-state index contributed by atoms with van der Waals surface area (Å²) in [5.41, 5.74) is 1.73. The van der Waals surface area contributed by atoms with Crippen molar-refractivity contribution in [1.29, 1.82) is 0 Å². The van der Waals surface area contributed by atoms with Crippen molar-refractivity contribution in [2.24, 2.45) is 0 Å². The van der Waals surface area contributed by atoms with E-state index >= 15 is 0 Å². The average Bonchev–Trinajstić information content (AvgIpc) is 2.76. The second-order valence-electron chi connectivity index (χ2n) is 7.46. The van der Waals surface area contributed by atoms with Crippen molar-refractivity contribution >= 4 is 17.4 Å². The summed E-state index contributed by atoms with van der Waals surface area (Å²) in [6, 6.07) is 11.9. The Labute approximate surface area is 173 Å². The minimum atomic E-state index is -0.0659. The standard InChI is InChI=1S/C22H31N5O2/c1-25(2)12-6-11-23-22(28)18-9-10-21(24-17-18)27-15-13-26(14-16-27)19-7-4-5-8-20(19)29-3/h4-5,7-10,17H,6,11-16H2,1-3H3,(H,23,28). The van der Waals surface area contributed by atoms with Gasteiger partial charge in [0.15, 0.2) is 0 Å². The number of hydrogen-bond acceptors (Lipinski definition) is 6. The van der Waals surface area contributed by atoms with Crippen molar-refractivity contribution in [1.82, 2.24) is 15.2 Å². The van der Waals surface area contributed by atoms with Crippen molar-refractivity contribution < 1.29 is 9.53 Å². The summed E-state index contributed by atoms with van der Waals surface area (Å²) in [6.45, 7) is 5.18. The highest BCUT2D eigenvalue weighted by molar-refractivity contribution is 5.94. The minimum Gasteiger partial charge on any atom is -0.495 e. The molecule has 1 saturated heterocycles. The van der Waals surface area contributed by atoms with Crippen LogP contribution < -0.4 is 19.9 Å². The topological polar surface area (TPSA) is 60.9 Å². The number of nitrogens with one attached hydrogen (secondary N) is 1. The lowest BCUT2D eigenvalue weighted by molar-refractivity contribution is 0.0952. The predicted octanol–water partition coefficient (Wildman–Crippen LogP) is 2.10. The quantitative estimate of drug-likeness (QED) is 0.689. The maximum Gasteiger partial charge on any atom is 0.252 e. The van der Waals surface area contributed by atoms with Crippen LogP contribution in [0.25, 0.3) is 0 Å². The number of amides is 1. The van der Waals surface area contributed by atoms with Crippen LogP contribution in [0.3, 0.4) is 0 Å². The summed E-state index contributed by atoms with van der Waals surface area (Å²) in [7, 11) is 5.76. The molecule has 1 N–H and O–H groups in total. The third-order valence-corrected chi connectivity index (χ3v) is 5.11. The lowest BCUT2D eigenvalue weighted by Crippen LogP contribution is -2.47. The van der Waals surface area contributed by atoms with E-state index in [2.05, 4.69) is 31.1 Å². The molecule has 0 unspecified atom stereocenters. The van der Waals surface area contributed by atoms with Crippen LogP contribution in [0.1, 0.15) is 16.8 Å². The summed E-state index contributed by atoms with van der Waals surface area (Å²) in [6.07, 6.45) is 2.60. The molecule has 0 atom stereocenters. The smallest absolute Gasteiger partial charge is 0.252 e. The fourth-order valence-corrected chi connectivity index (χ4v) is 3.47. The van der Waals surface area contributed by atoms with Gasteiger partial charge in [-0.15, -0.1) is 0 Å². The van der Waals surface area contributed by atoms with Gasteiger partial charge >= 0.3 is 0 Å². The van der Waals surface area contributed by atoms with E-state index in [1.165, 1.54) is 0 Å². The minimum absolute atomic E-state index is 0.0659. The highest BCUT2D eigenvalue weighted by Gasteiger charge is 2.20. The molecule has 2 aromatic rings. The molecule has 7 nitrogen and oxygen atoms in total.